The van der Waals surface area contributed by atoms with E-state index in [0.717, 1.165) is 63.1 Å². The summed E-state index contributed by atoms with van der Waals surface area (Å²) in [5.41, 5.74) is 10.7. The first-order valence-electron chi connectivity index (χ1n) is 13.5. The van der Waals surface area contributed by atoms with Crippen LogP contribution in [0.15, 0.2) is 96.1 Å². The third-order valence-electron chi connectivity index (χ3n) is 7.15. The number of hydrogen-bond donors (Lipinski definition) is 1. The number of benzene rings is 4. The van der Waals surface area contributed by atoms with Crippen molar-refractivity contribution in [1.82, 2.24) is 9.99 Å². The van der Waals surface area contributed by atoms with Crippen LogP contribution in [0.1, 0.15) is 35.4 Å². The zero-order chi connectivity index (χ0) is 26.6. The van der Waals surface area contributed by atoms with Gasteiger partial charge in [-0.25, -0.2) is 14.8 Å². The van der Waals surface area contributed by atoms with Gasteiger partial charge in [-0.15, -0.1) is 23.7 Å². The predicted octanol–water partition coefficient (Wildman–Crippen LogP) is 7.39. The van der Waals surface area contributed by atoms with Gasteiger partial charge < -0.3 is 5.73 Å². The molecule has 0 aliphatic carbocycles. The van der Waals surface area contributed by atoms with E-state index < -0.39 is 0 Å². The van der Waals surface area contributed by atoms with Crippen molar-refractivity contribution >= 4 is 62.2 Å². The maximum atomic E-state index is 14.1. The van der Waals surface area contributed by atoms with E-state index >= 15 is 0 Å². The van der Waals surface area contributed by atoms with Gasteiger partial charge in [-0.2, -0.15) is 5.10 Å². The third-order valence-corrected chi connectivity index (χ3v) is 8.24. The Bertz CT molecular complexity index is 1630. The number of para-hydroxylation sites is 2. The highest BCUT2D eigenvalue weighted by Crippen LogP contribution is 2.31. The van der Waals surface area contributed by atoms with Gasteiger partial charge in [0.1, 0.15) is 0 Å². The SMILES string of the molecule is Cl.NCCCCN1N=C(CCc2nc3ccccc3s2)c2ccccc2N(Cc2cccc3ccccc23)C1=O. The first-order chi connectivity index (χ1) is 19.2. The van der Waals surface area contributed by atoms with Crippen molar-refractivity contribution in [3.8, 4) is 0 Å². The van der Waals surface area contributed by atoms with Gasteiger partial charge in [-0.05, 0) is 60.3 Å². The molecule has 0 unspecified atom stereocenters. The Morgan fingerprint density at radius 2 is 1.60 bits per heavy atom. The van der Waals surface area contributed by atoms with Crippen molar-refractivity contribution in [2.75, 3.05) is 18.0 Å². The van der Waals surface area contributed by atoms with Crippen molar-refractivity contribution in [1.29, 1.82) is 0 Å². The van der Waals surface area contributed by atoms with Gasteiger partial charge in [-0.3, -0.25) is 4.90 Å². The minimum atomic E-state index is -0.109. The Hall–Kier alpha value is -3.78. The topological polar surface area (TPSA) is 74.8 Å². The summed E-state index contributed by atoms with van der Waals surface area (Å²) in [5.74, 6) is 0. The number of carbonyl (C=O) groups excluding carboxylic acids is 1. The van der Waals surface area contributed by atoms with Crippen LogP contribution in [0.2, 0.25) is 0 Å². The van der Waals surface area contributed by atoms with Crippen LogP contribution >= 0.6 is 23.7 Å². The van der Waals surface area contributed by atoms with E-state index in [-0.39, 0.29) is 18.4 Å². The smallest absolute Gasteiger partial charge is 0.330 e. The number of hydrogen-bond acceptors (Lipinski definition) is 5. The molecule has 6 rings (SSSR count). The van der Waals surface area contributed by atoms with Gasteiger partial charge in [0.05, 0.1) is 33.2 Å². The molecule has 0 fully saturated rings. The first-order valence-corrected chi connectivity index (χ1v) is 14.3. The summed E-state index contributed by atoms with van der Waals surface area (Å²) in [6.07, 6.45) is 3.10. The molecule has 0 bridgehead atoms. The normalized spacial score (nSPS) is 13.2. The molecule has 0 saturated carbocycles. The molecule has 2 N–H and O–H groups in total. The number of nitrogens with two attached hydrogens (primary N) is 1. The number of hydrazone groups is 1. The van der Waals surface area contributed by atoms with Gasteiger partial charge in [0.2, 0.25) is 0 Å². The molecule has 204 valence electrons. The van der Waals surface area contributed by atoms with Crippen molar-refractivity contribution in [3.63, 3.8) is 0 Å². The molecule has 8 heteroatoms. The summed E-state index contributed by atoms with van der Waals surface area (Å²) < 4.78 is 1.19. The third kappa shape index (κ3) is 5.72. The van der Waals surface area contributed by atoms with E-state index in [0.29, 0.717) is 26.1 Å². The van der Waals surface area contributed by atoms with Gasteiger partial charge in [0.15, 0.2) is 0 Å². The van der Waals surface area contributed by atoms with Crippen molar-refractivity contribution in [3.05, 3.63) is 107 Å². The maximum absolute atomic E-state index is 14.1. The molecule has 2 amide bonds. The number of anilines is 1. The Kier molecular flexibility index (Phi) is 8.75. The lowest BCUT2D eigenvalue weighted by atomic mass is 10.0. The summed E-state index contributed by atoms with van der Waals surface area (Å²) in [4.78, 5) is 20.8. The minimum Gasteiger partial charge on any atom is -0.330 e. The van der Waals surface area contributed by atoms with Crippen molar-refractivity contribution in [2.24, 2.45) is 10.8 Å². The number of fused-ring (bicyclic) bond motifs is 3. The van der Waals surface area contributed by atoms with E-state index in [9.17, 15) is 4.79 Å². The Balaban J connectivity index is 0.00000323. The highest BCUT2D eigenvalue weighted by Gasteiger charge is 2.30. The Morgan fingerprint density at radius 3 is 2.48 bits per heavy atom. The number of carbonyl (C=O) groups is 1. The van der Waals surface area contributed by atoms with Gasteiger partial charge >= 0.3 is 6.03 Å². The van der Waals surface area contributed by atoms with Gasteiger partial charge in [0.25, 0.3) is 0 Å². The molecule has 0 spiro atoms. The van der Waals surface area contributed by atoms with Gasteiger partial charge in [0, 0.05) is 18.5 Å². The molecular formula is C32H32ClN5OS. The molecule has 1 aromatic heterocycles. The lowest BCUT2D eigenvalue weighted by Gasteiger charge is -2.27. The van der Waals surface area contributed by atoms with Crippen LogP contribution in [-0.2, 0) is 13.0 Å². The molecule has 0 atom stereocenters. The fourth-order valence-corrected chi connectivity index (χ4v) is 6.15. The summed E-state index contributed by atoms with van der Waals surface area (Å²) in [7, 11) is 0. The summed E-state index contributed by atoms with van der Waals surface area (Å²) in [5, 5.41) is 10.0. The number of halogens is 1. The summed E-state index contributed by atoms with van der Waals surface area (Å²) in [6, 6.07) is 30.9. The standard InChI is InChI=1S/C32H31N5OS.ClH/c33-20-7-8-21-37-32(38)36(22-24-12-9-11-23-10-1-2-13-25(23)24)29-16-5-3-14-26(29)27(35-37)18-19-31-34-28-15-4-6-17-30(28)39-31;/h1-6,9-17H,7-8,18-22,33H2;1H. The average Bonchev–Trinajstić information content (AvgIpc) is 3.36. The van der Waals surface area contributed by atoms with Gasteiger partial charge in [-0.1, -0.05) is 72.8 Å². The molecular weight excluding hydrogens is 538 g/mol. The largest absolute Gasteiger partial charge is 0.345 e. The number of rotatable bonds is 9. The number of unbranched alkanes of at least 4 members (excludes halogenated alkanes) is 1. The monoisotopic (exact) mass is 569 g/mol. The lowest BCUT2D eigenvalue weighted by Crippen LogP contribution is -2.40. The fourth-order valence-electron chi connectivity index (χ4n) is 5.18. The van der Waals surface area contributed by atoms with Crippen molar-refractivity contribution in [2.45, 2.75) is 32.2 Å². The number of aryl methyl sites for hydroxylation is 1. The van der Waals surface area contributed by atoms with Crippen LogP contribution in [0.3, 0.4) is 0 Å². The zero-order valence-electron chi connectivity index (χ0n) is 22.2. The molecule has 0 saturated heterocycles. The van der Waals surface area contributed by atoms with E-state index in [2.05, 4.69) is 48.5 Å². The minimum absolute atomic E-state index is 0. The molecule has 1 aliphatic rings. The number of urea groups is 1. The molecule has 0 radical (unpaired) electrons. The van der Waals surface area contributed by atoms with E-state index in [1.807, 2.05) is 47.4 Å². The van der Waals surface area contributed by atoms with Crippen LogP contribution in [0, 0.1) is 0 Å². The molecule has 2 heterocycles. The zero-order valence-corrected chi connectivity index (χ0v) is 23.8. The first kappa shape index (κ1) is 27.8. The summed E-state index contributed by atoms with van der Waals surface area (Å²) in [6.45, 7) is 1.59. The maximum Gasteiger partial charge on any atom is 0.345 e. The molecule has 5 aromatic rings. The van der Waals surface area contributed by atoms with Crippen LogP contribution < -0.4 is 10.6 Å². The molecule has 4 aromatic carbocycles. The Morgan fingerprint density at radius 1 is 0.825 bits per heavy atom. The Labute approximate surface area is 244 Å². The highest BCUT2D eigenvalue weighted by molar-refractivity contribution is 7.18. The molecule has 6 nitrogen and oxygen atoms in total. The number of thiazole rings is 1. The van der Waals surface area contributed by atoms with Crippen LogP contribution in [-0.4, -0.2) is 34.8 Å². The van der Waals surface area contributed by atoms with Crippen molar-refractivity contribution < 1.29 is 4.79 Å². The van der Waals surface area contributed by atoms with E-state index in [4.69, 9.17) is 15.8 Å². The second-order valence-corrected chi connectivity index (χ2v) is 10.9. The molecule has 1 aliphatic heterocycles. The second kappa shape index (κ2) is 12.6. The average molecular weight is 570 g/mol. The van der Waals surface area contributed by atoms with E-state index in [1.165, 1.54) is 4.70 Å². The summed E-state index contributed by atoms with van der Waals surface area (Å²) >= 11 is 1.72. The number of amides is 2. The number of nitrogens with zero attached hydrogens (tertiary/aromatic N) is 4. The lowest BCUT2D eigenvalue weighted by molar-refractivity contribution is 0.206. The van der Waals surface area contributed by atoms with E-state index in [1.54, 1.807) is 16.3 Å². The quantitative estimate of drug-likeness (QED) is 0.188. The predicted molar refractivity (Wildman–Crippen MR) is 169 cm³/mol. The second-order valence-electron chi connectivity index (χ2n) is 9.77. The van der Waals surface area contributed by atoms with Crippen LogP contribution in [0.4, 0.5) is 10.5 Å². The van der Waals surface area contributed by atoms with Crippen LogP contribution in [0.25, 0.3) is 21.0 Å². The van der Waals surface area contributed by atoms with Crippen LogP contribution in [0.5, 0.6) is 0 Å². The fraction of sp³-hybridized carbons (Fsp3) is 0.219. The molecule has 40 heavy (non-hydrogen) atoms. The highest BCUT2D eigenvalue weighted by atomic mass is 35.5. The number of aromatic nitrogens is 1.